The number of hydrogen-bond donors (Lipinski definition) is 1. The van der Waals surface area contributed by atoms with Crippen molar-refractivity contribution in [3.05, 3.63) is 0 Å². The van der Waals surface area contributed by atoms with Crippen molar-refractivity contribution in [1.29, 1.82) is 0 Å². The van der Waals surface area contributed by atoms with Crippen molar-refractivity contribution in [2.24, 2.45) is 5.73 Å². The van der Waals surface area contributed by atoms with Gasteiger partial charge in [-0.05, 0) is 13.0 Å². The molecule has 0 amide bonds. The van der Waals surface area contributed by atoms with Gasteiger partial charge in [-0.1, -0.05) is 45.4 Å². The van der Waals surface area contributed by atoms with Gasteiger partial charge in [0.05, 0.1) is 0 Å². The van der Waals surface area contributed by atoms with Crippen LogP contribution in [0.2, 0.25) is 0 Å². The van der Waals surface area contributed by atoms with E-state index >= 15 is 0 Å². The van der Waals surface area contributed by atoms with E-state index in [1.807, 2.05) is 0 Å². The maximum absolute atomic E-state index is 5.71. The fourth-order valence-corrected chi connectivity index (χ4v) is 2.08. The van der Waals surface area contributed by atoms with Gasteiger partial charge in [0.15, 0.2) is 0 Å². The van der Waals surface area contributed by atoms with Crippen LogP contribution >= 0.6 is 0 Å². The fraction of sp³-hybridized carbons (Fsp3) is 1.00. The fourth-order valence-electron chi connectivity index (χ4n) is 2.08. The van der Waals surface area contributed by atoms with E-state index < -0.39 is 0 Å². The van der Waals surface area contributed by atoms with E-state index in [0.717, 1.165) is 13.1 Å². The summed E-state index contributed by atoms with van der Waals surface area (Å²) in [6.07, 6.45) is 9.86. The van der Waals surface area contributed by atoms with Crippen LogP contribution < -0.4 is 5.73 Å². The Balaban J connectivity index is 1.72. The molecule has 2 N–H and O–H groups in total. The van der Waals surface area contributed by atoms with Crippen molar-refractivity contribution in [3.8, 4) is 0 Å². The van der Waals surface area contributed by atoms with Crippen molar-refractivity contribution in [2.75, 3.05) is 19.6 Å². The summed E-state index contributed by atoms with van der Waals surface area (Å²) in [6, 6.07) is 0.472. The summed E-state index contributed by atoms with van der Waals surface area (Å²) < 4.78 is 0. The number of unbranched alkanes of at least 4 members (excludes halogenated alkanes) is 6. The third-order valence-corrected chi connectivity index (χ3v) is 3.06. The van der Waals surface area contributed by atoms with Gasteiger partial charge in [0.1, 0.15) is 0 Å². The summed E-state index contributed by atoms with van der Waals surface area (Å²) >= 11 is 0. The Morgan fingerprint density at radius 1 is 1.00 bits per heavy atom. The molecule has 1 rings (SSSR count). The van der Waals surface area contributed by atoms with Gasteiger partial charge < -0.3 is 10.6 Å². The Bertz CT molecular complexity index is 130. The molecule has 1 aliphatic heterocycles. The van der Waals surface area contributed by atoms with Crippen molar-refractivity contribution < 1.29 is 0 Å². The molecule has 0 aromatic rings. The van der Waals surface area contributed by atoms with Crippen molar-refractivity contribution in [3.63, 3.8) is 0 Å². The largest absolute Gasteiger partial charge is 0.325 e. The molecule has 0 bridgehead atoms. The molecular formula is C12H26N2. The molecule has 0 atom stereocenters. The molecule has 1 aliphatic rings. The molecule has 2 nitrogen and oxygen atoms in total. The topological polar surface area (TPSA) is 29.3 Å². The first kappa shape index (κ1) is 12.0. The van der Waals surface area contributed by atoms with Crippen molar-refractivity contribution in [2.45, 2.75) is 57.9 Å². The van der Waals surface area contributed by atoms with Crippen molar-refractivity contribution >= 4 is 0 Å². The minimum Gasteiger partial charge on any atom is -0.325 e. The molecule has 0 spiro atoms. The first-order chi connectivity index (χ1) is 6.83. The highest BCUT2D eigenvalue weighted by Crippen LogP contribution is 2.10. The van der Waals surface area contributed by atoms with Crippen LogP contribution in [0.3, 0.4) is 0 Å². The zero-order valence-corrected chi connectivity index (χ0v) is 9.67. The molecule has 1 heterocycles. The zero-order valence-electron chi connectivity index (χ0n) is 9.67. The lowest BCUT2D eigenvalue weighted by Crippen LogP contribution is -2.55. The minimum absolute atomic E-state index is 0.472. The monoisotopic (exact) mass is 198 g/mol. The molecule has 14 heavy (non-hydrogen) atoms. The molecular weight excluding hydrogens is 172 g/mol. The Morgan fingerprint density at radius 3 is 2.14 bits per heavy atom. The van der Waals surface area contributed by atoms with Gasteiger partial charge in [-0.3, -0.25) is 0 Å². The van der Waals surface area contributed by atoms with Gasteiger partial charge >= 0.3 is 0 Å². The highest BCUT2D eigenvalue weighted by atomic mass is 15.2. The van der Waals surface area contributed by atoms with Crippen LogP contribution in [-0.4, -0.2) is 30.6 Å². The zero-order chi connectivity index (χ0) is 10.2. The molecule has 0 aromatic heterocycles. The summed E-state index contributed by atoms with van der Waals surface area (Å²) in [5.41, 5.74) is 5.71. The summed E-state index contributed by atoms with van der Waals surface area (Å²) in [4.78, 5) is 2.47. The predicted octanol–water partition coefficient (Wildman–Crippen LogP) is 2.38. The summed E-state index contributed by atoms with van der Waals surface area (Å²) in [6.45, 7) is 5.82. The molecule has 0 radical (unpaired) electrons. The maximum Gasteiger partial charge on any atom is 0.0297 e. The van der Waals surface area contributed by atoms with Crippen LogP contribution in [-0.2, 0) is 0 Å². The lowest BCUT2D eigenvalue weighted by molar-refractivity contribution is 0.148. The second kappa shape index (κ2) is 7.24. The van der Waals surface area contributed by atoms with Crippen LogP contribution in [0.25, 0.3) is 0 Å². The Morgan fingerprint density at radius 2 is 1.57 bits per heavy atom. The molecule has 1 fully saturated rings. The van der Waals surface area contributed by atoms with Crippen LogP contribution in [0.4, 0.5) is 0 Å². The third kappa shape index (κ3) is 4.97. The third-order valence-electron chi connectivity index (χ3n) is 3.06. The average Bonchev–Trinajstić information content (AvgIpc) is 2.13. The summed E-state index contributed by atoms with van der Waals surface area (Å²) in [7, 11) is 0. The highest BCUT2D eigenvalue weighted by Gasteiger charge is 2.21. The highest BCUT2D eigenvalue weighted by molar-refractivity contribution is 4.81. The summed E-state index contributed by atoms with van der Waals surface area (Å²) in [5, 5.41) is 0. The van der Waals surface area contributed by atoms with Crippen LogP contribution in [0.5, 0.6) is 0 Å². The van der Waals surface area contributed by atoms with Gasteiger partial charge in [-0.2, -0.15) is 0 Å². The van der Waals surface area contributed by atoms with E-state index in [4.69, 9.17) is 5.73 Å². The van der Waals surface area contributed by atoms with Gasteiger partial charge in [0, 0.05) is 19.1 Å². The second-order valence-corrected chi connectivity index (χ2v) is 4.64. The molecule has 2 heteroatoms. The summed E-state index contributed by atoms with van der Waals surface area (Å²) in [5.74, 6) is 0. The van der Waals surface area contributed by atoms with Gasteiger partial charge in [0.2, 0.25) is 0 Å². The van der Waals surface area contributed by atoms with E-state index in [1.54, 1.807) is 0 Å². The quantitative estimate of drug-likeness (QED) is 0.607. The van der Waals surface area contributed by atoms with E-state index in [1.165, 1.54) is 51.5 Å². The van der Waals surface area contributed by atoms with E-state index in [2.05, 4.69) is 11.8 Å². The second-order valence-electron chi connectivity index (χ2n) is 4.64. The van der Waals surface area contributed by atoms with Gasteiger partial charge in [-0.15, -0.1) is 0 Å². The van der Waals surface area contributed by atoms with Crippen LogP contribution in [0.1, 0.15) is 51.9 Å². The van der Waals surface area contributed by atoms with Crippen LogP contribution in [0.15, 0.2) is 0 Å². The van der Waals surface area contributed by atoms with E-state index in [9.17, 15) is 0 Å². The Hall–Kier alpha value is -0.0800. The smallest absolute Gasteiger partial charge is 0.0297 e. The number of nitrogens with zero attached hydrogens (tertiary/aromatic N) is 1. The Labute approximate surface area is 88.8 Å². The minimum atomic E-state index is 0.472. The molecule has 0 aliphatic carbocycles. The molecule has 0 saturated carbocycles. The molecule has 84 valence electrons. The van der Waals surface area contributed by atoms with Gasteiger partial charge in [-0.25, -0.2) is 0 Å². The molecule has 1 saturated heterocycles. The predicted molar refractivity (Wildman–Crippen MR) is 62.4 cm³/mol. The molecule has 0 aromatic carbocycles. The van der Waals surface area contributed by atoms with E-state index in [0.29, 0.717) is 6.04 Å². The van der Waals surface area contributed by atoms with E-state index in [-0.39, 0.29) is 0 Å². The SMILES string of the molecule is CCCCCCCCCN1CC(N)C1. The number of likely N-dealkylation sites (tertiary alicyclic amines) is 1. The normalized spacial score (nSPS) is 18.4. The lowest BCUT2D eigenvalue weighted by Gasteiger charge is -2.36. The Kier molecular flexibility index (Phi) is 6.20. The number of rotatable bonds is 8. The standard InChI is InChI=1S/C12H26N2/c1-2-3-4-5-6-7-8-9-14-10-12(13)11-14/h12H,2-11,13H2,1H3. The first-order valence-corrected chi connectivity index (χ1v) is 6.31. The lowest BCUT2D eigenvalue weighted by atomic mass is 10.1. The molecule has 0 unspecified atom stereocenters. The van der Waals surface area contributed by atoms with Crippen molar-refractivity contribution in [1.82, 2.24) is 4.90 Å². The number of nitrogens with two attached hydrogens (primary N) is 1. The first-order valence-electron chi connectivity index (χ1n) is 6.31. The maximum atomic E-state index is 5.71. The van der Waals surface area contributed by atoms with Crippen LogP contribution in [0, 0.1) is 0 Å². The average molecular weight is 198 g/mol. The number of hydrogen-bond acceptors (Lipinski definition) is 2. The van der Waals surface area contributed by atoms with Gasteiger partial charge in [0.25, 0.3) is 0 Å².